The van der Waals surface area contributed by atoms with Gasteiger partial charge in [0.2, 0.25) is 0 Å². The molecule has 24 heavy (non-hydrogen) atoms. The molecule has 0 aliphatic carbocycles. The summed E-state index contributed by atoms with van der Waals surface area (Å²) >= 11 is 1.66. The van der Waals surface area contributed by atoms with Crippen LogP contribution in [0.2, 0.25) is 0 Å². The lowest BCUT2D eigenvalue weighted by Gasteiger charge is -2.17. The molecule has 1 atom stereocenters. The van der Waals surface area contributed by atoms with Gasteiger partial charge in [-0.15, -0.1) is 11.3 Å². The Morgan fingerprint density at radius 2 is 1.67 bits per heavy atom. The first-order chi connectivity index (χ1) is 11.8. The third-order valence-corrected chi connectivity index (χ3v) is 4.86. The minimum atomic E-state index is 0.167. The zero-order valence-electron chi connectivity index (χ0n) is 13.3. The lowest BCUT2D eigenvalue weighted by Crippen LogP contribution is -2.09. The predicted molar refractivity (Wildman–Crippen MR) is 101 cm³/mol. The van der Waals surface area contributed by atoms with Crippen LogP contribution in [0.15, 0.2) is 72.1 Å². The van der Waals surface area contributed by atoms with E-state index in [2.05, 4.69) is 48.6 Å². The van der Waals surface area contributed by atoms with E-state index in [-0.39, 0.29) is 6.04 Å². The van der Waals surface area contributed by atoms with Gasteiger partial charge in [-0.25, -0.2) is 9.97 Å². The summed E-state index contributed by atoms with van der Waals surface area (Å²) in [5.74, 6) is 1.65. The molecule has 0 saturated carbocycles. The molecule has 0 aliphatic heterocycles. The fourth-order valence-electron chi connectivity index (χ4n) is 2.73. The van der Waals surface area contributed by atoms with Gasteiger partial charge in [0.25, 0.3) is 0 Å². The van der Waals surface area contributed by atoms with Crippen molar-refractivity contribution in [3.8, 4) is 10.7 Å². The van der Waals surface area contributed by atoms with Crippen molar-refractivity contribution in [2.24, 2.45) is 0 Å². The molecule has 1 unspecified atom stereocenters. The van der Waals surface area contributed by atoms with E-state index in [4.69, 9.17) is 9.97 Å². The number of fused-ring (bicyclic) bond motifs is 1. The molecular weight excluding hydrogens is 314 g/mol. The monoisotopic (exact) mass is 331 g/mol. The van der Waals surface area contributed by atoms with Gasteiger partial charge in [-0.05, 0) is 36.1 Å². The van der Waals surface area contributed by atoms with E-state index >= 15 is 0 Å². The summed E-state index contributed by atoms with van der Waals surface area (Å²) in [7, 11) is 0. The standard InChI is InChI=1S/C20H17N3S/c1-14(15-8-3-2-4-9-15)21-19-16-10-5-6-11-17(16)22-20(23-19)18-12-7-13-24-18/h2-14H,1H3,(H,21,22,23). The molecule has 4 aromatic rings. The average Bonchev–Trinajstić information content (AvgIpc) is 3.17. The smallest absolute Gasteiger partial charge is 0.172 e. The number of nitrogens with zero attached hydrogens (tertiary/aromatic N) is 2. The molecule has 2 heterocycles. The van der Waals surface area contributed by atoms with Crippen molar-refractivity contribution in [3.63, 3.8) is 0 Å². The van der Waals surface area contributed by atoms with Crippen molar-refractivity contribution in [3.05, 3.63) is 77.7 Å². The van der Waals surface area contributed by atoms with Gasteiger partial charge in [-0.1, -0.05) is 48.5 Å². The third kappa shape index (κ3) is 2.88. The molecule has 0 fully saturated rings. The molecule has 0 bridgehead atoms. The highest BCUT2D eigenvalue weighted by Crippen LogP contribution is 2.29. The van der Waals surface area contributed by atoms with E-state index in [9.17, 15) is 0 Å². The summed E-state index contributed by atoms with van der Waals surface area (Å²) in [6.45, 7) is 2.15. The minimum absolute atomic E-state index is 0.167. The molecule has 2 aromatic heterocycles. The maximum atomic E-state index is 4.80. The first kappa shape index (κ1) is 14.8. The summed E-state index contributed by atoms with van der Waals surface area (Å²) in [4.78, 5) is 10.6. The van der Waals surface area contributed by atoms with Crippen LogP contribution in [0, 0.1) is 0 Å². The molecule has 0 radical (unpaired) electrons. The Hall–Kier alpha value is -2.72. The van der Waals surface area contributed by atoms with Gasteiger partial charge in [0, 0.05) is 11.4 Å². The number of benzene rings is 2. The van der Waals surface area contributed by atoms with Gasteiger partial charge < -0.3 is 5.32 Å². The number of hydrogen-bond acceptors (Lipinski definition) is 4. The van der Waals surface area contributed by atoms with Gasteiger partial charge in [0.1, 0.15) is 5.82 Å². The molecule has 4 rings (SSSR count). The van der Waals surface area contributed by atoms with E-state index in [0.29, 0.717) is 0 Å². The second kappa shape index (κ2) is 6.42. The lowest BCUT2D eigenvalue weighted by molar-refractivity contribution is 0.876. The van der Waals surface area contributed by atoms with Crippen LogP contribution in [-0.4, -0.2) is 9.97 Å². The number of nitrogens with one attached hydrogen (secondary N) is 1. The van der Waals surface area contributed by atoms with Crippen LogP contribution in [-0.2, 0) is 0 Å². The Morgan fingerprint density at radius 1 is 0.875 bits per heavy atom. The SMILES string of the molecule is CC(Nc1nc(-c2cccs2)nc2ccccc12)c1ccccc1. The molecule has 0 amide bonds. The third-order valence-electron chi connectivity index (χ3n) is 4.00. The van der Waals surface area contributed by atoms with Gasteiger partial charge in [0.15, 0.2) is 5.82 Å². The zero-order chi connectivity index (χ0) is 16.4. The highest BCUT2D eigenvalue weighted by molar-refractivity contribution is 7.13. The van der Waals surface area contributed by atoms with E-state index < -0.39 is 0 Å². The van der Waals surface area contributed by atoms with E-state index in [0.717, 1.165) is 27.4 Å². The highest BCUT2D eigenvalue weighted by Gasteiger charge is 2.12. The van der Waals surface area contributed by atoms with Crippen LogP contribution in [0.4, 0.5) is 5.82 Å². The molecule has 4 heteroatoms. The van der Waals surface area contributed by atoms with Crippen molar-refractivity contribution in [1.29, 1.82) is 0 Å². The number of anilines is 1. The highest BCUT2D eigenvalue weighted by atomic mass is 32.1. The topological polar surface area (TPSA) is 37.8 Å². The fraction of sp³-hybridized carbons (Fsp3) is 0.100. The van der Waals surface area contributed by atoms with Crippen LogP contribution < -0.4 is 5.32 Å². The Balaban J connectivity index is 1.78. The minimum Gasteiger partial charge on any atom is -0.363 e. The Labute approximate surface area is 145 Å². The van der Waals surface area contributed by atoms with E-state index in [1.54, 1.807) is 11.3 Å². The van der Waals surface area contributed by atoms with E-state index in [1.807, 2.05) is 35.7 Å². The molecular formula is C20H17N3S. The molecule has 1 N–H and O–H groups in total. The van der Waals surface area contributed by atoms with Crippen molar-refractivity contribution >= 4 is 28.1 Å². The number of aromatic nitrogens is 2. The zero-order valence-corrected chi connectivity index (χ0v) is 14.1. The molecule has 0 aliphatic rings. The molecule has 3 nitrogen and oxygen atoms in total. The molecule has 118 valence electrons. The molecule has 0 saturated heterocycles. The Morgan fingerprint density at radius 3 is 2.46 bits per heavy atom. The van der Waals surface area contributed by atoms with Crippen molar-refractivity contribution < 1.29 is 0 Å². The van der Waals surface area contributed by atoms with Gasteiger partial charge in [-0.3, -0.25) is 0 Å². The van der Waals surface area contributed by atoms with Gasteiger partial charge in [0.05, 0.1) is 10.4 Å². The van der Waals surface area contributed by atoms with Crippen LogP contribution in [0.25, 0.3) is 21.6 Å². The van der Waals surface area contributed by atoms with Crippen LogP contribution in [0.3, 0.4) is 0 Å². The largest absolute Gasteiger partial charge is 0.363 e. The Bertz CT molecular complexity index is 949. The van der Waals surface area contributed by atoms with E-state index in [1.165, 1.54) is 5.56 Å². The van der Waals surface area contributed by atoms with Crippen LogP contribution in [0.1, 0.15) is 18.5 Å². The fourth-order valence-corrected chi connectivity index (χ4v) is 3.39. The number of para-hydroxylation sites is 1. The second-order valence-electron chi connectivity index (χ2n) is 5.67. The number of thiophene rings is 1. The van der Waals surface area contributed by atoms with Crippen LogP contribution >= 0.6 is 11.3 Å². The van der Waals surface area contributed by atoms with Crippen molar-refractivity contribution in [2.45, 2.75) is 13.0 Å². The lowest BCUT2D eigenvalue weighted by atomic mass is 10.1. The summed E-state index contributed by atoms with van der Waals surface area (Å²) in [5.41, 5.74) is 2.19. The first-order valence-electron chi connectivity index (χ1n) is 7.93. The molecule has 0 spiro atoms. The van der Waals surface area contributed by atoms with Gasteiger partial charge >= 0.3 is 0 Å². The normalized spacial score (nSPS) is 12.2. The molecule has 2 aromatic carbocycles. The average molecular weight is 331 g/mol. The summed E-state index contributed by atoms with van der Waals surface area (Å²) in [6, 6.07) is 22.8. The summed E-state index contributed by atoms with van der Waals surface area (Å²) in [5, 5.41) is 6.65. The number of rotatable bonds is 4. The maximum Gasteiger partial charge on any atom is 0.172 e. The first-order valence-corrected chi connectivity index (χ1v) is 8.81. The van der Waals surface area contributed by atoms with Crippen molar-refractivity contribution in [2.75, 3.05) is 5.32 Å². The Kier molecular flexibility index (Phi) is 3.97. The number of hydrogen-bond donors (Lipinski definition) is 1. The summed E-state index contributed by atoms with van der Waals surface area (Å²) < 4.78 is 0. The van der Waals surface area contributed by atoms with Crippen LogP contribution in [0.5, 0.6) is 0 Å². The van der Waals surface area contributed by atoms with Gasteiger partial charge in [-0.2, -0.15) is 0 Å². The predicted octanol–water partition coefficient (Wildman–Crippen LogP) is 5.53. The maximum absolute atomic E-state index is 4.80. The van der Waals surface area contributed by atoms with Crippen molar-refractivity contribution in [1.82, 2.24) is 9.97 Å². The summed E-state index contributed by atoms with van der Waals surface area (Å²) in [6.07, 6.45) is 0. The quantitative estimate of drug-likeness (QED) is 0.534. The second-order valence-corrected chi connectivity index (χ2v) is 6.61.